The molecule has 0 aliphatic carbocycles. The molecule has 0 aliphatic heterocycles. The molecule has 0 saturated heterocycles. The van der Waals surface area contributed by atoms with E-state index in [1.807, 2.05) is 30.0 Å². The quantitative estimate of drug-likeness (QED) is 0.315. The first-order valence-corrected chi connectivity index (χ1v) is 10.5. The molecule has 3 aromatic carbocycles. The molecule has 138 valence electrons. The third-order valence-electron chi connectivity index (χ3n) is 4.11. The monoisotopic (exact) mass is 392 g/mol. The lowest BCUT2D eigenvalue weighted by Crippen LogP contribution is -2.39. The lowest BCUT2D eigenvalue weighted by Gasteiger charge is -2.26. The van der Waals surface area contributed by atoms with Crippen molar-refractivity contribution in [3.05, 3.63) is 102 Å². The third-order valence-corrected chi connectivity index (χ3v) is 5.53. The summed E-state index contributed by atoms with van der Waals surface area (Å²) in [6.07, 6.45) is 0. The highest BCUT2D eigenvalue weighted by molar-refractivity contribution is 7.99. The SMILES string of the molecule is S=C(NCCSc1ccccc1)N(Cc1ccccc1)Cc1ccccc1. The van der Waals surface area contributed by atoms with E-state index in [1.165, 1.54) is 16.0 Å². The van der Waals surface area contributed by atoms with Crippen molar-refractivity contribution in [1.29, 1.82) is 0 Å². The van der Waals surface area contributed by atoms with E-state index in [4.69, 9.17) is 12.2 Å². The van der Waals surface area contributed by atoms with Gasteiger partial charge in [0.1, 0.15) is 0 Å². The summed E-state index contributed by atoms with van der Waals surface area (Å²) < 4.78 is 0. The van der Waals surface area contributed by atoms with Gasteiger partial charge in [-0.3, -0.25) is 0 Å². The summed E-state index contributed by atoms with van der Waals surface area (Å²) in [6.45, 7) is 2.44. The van der Waals surface area contributed by atoms with Crippen molar-refractivity contribution in [1.82, 2.24) is 10.2 Å². The summed E-state index contributed by atoms with van der Waals surface area (Å²) >= 11 is 7.55. The van der Waals surface area contributed by atoms with Crippen molar-refractivity contribution < 1.29 is 0 Å². The molecule has 0 heterocycles. The Morgan fingerprint density at radius 2 is 1.22 bits per heavy atom. The van der Waals surface area contributed by atoms with Crippen LogP contribution < -0.4 is 5.32 Å². The van der Waals surface area contributed by atoms with Gasteiger partial charge in [-0.25, -0.2) is 0 Å². The van der Waals surface area contributed by atoms with Crippen molar-refractivity contribution >= 4 is 29.1 Å². The van der Waals surface area contributed by atoms with Crippen LogP contribution in [0, 0.1) is 0 Å². The summed E-state index contributed by atoms with van der Waals surface area (Å²) in [4.78, 5) is 3.52. The van der Waals surface area contributed by atoms with Crippen molar-refractivity contribution in [3.63, 3.8) is 0 Å². The topological polar surface area (TPSA) is 15.3 Å². The van der Waals surface area contributed by atoms with Gasteiger partial charge in [0.15, 0.2) is 5.11 Å². The van der Waals surface area contributed by atoms with Gasteiger partial charge in [0.05, 0.1) is 0 Å². The average molecular weight is 393 g/mol. The van der Waals surface area contributed by atoms with E-state index in [0.29, 0.717) is 0 Å². The number of benzene rings is 3. The smallest absolute Gasteiger partial charge is 0.169 e. The fraction of sp³-hybridized carbons (Fsp3) is 0.174. The van der Waals surface area contributed by atoms with Gasteiger partial charge >= 0.3 is 0 Å². The predicted octanol–water partition coefficient (Wildman–Crippen LogP) is 5.36. The normalized spacial score (nSPS) is 10.4. The fourth-order valence-electron chi connectivity index (χ4n) is 2.76. The van der Waals surface area contributed by atoms with E-state index in [1.54, 1.807) is 0 Å². The minimum absolute atomic E-state index is 0.799. The molecule has 0 aliphatic rings. The largest absolute Gasteiger partial charge is 0.362 e. The zero-order chi connectivity index (χ0) is 18.7. The molecule has 0 bridgehead atoms. The molecule has 1 N–H and O–H groups in total. The van der Waals surface area contributed by atoms with E-state index < -0.39 is 0 Å². The molecular formula is C23H24N2S2. The highest BCUT2D eigenvalue weighted by atomic mass is 32.2. The molecule has 3 rings (SSSR count). The number of thioether (sulfide) groups is 1. The summed E-state index contributed by atoms with van der Waals surface area (Å²) in [7, 11) is 0. The van der Waals surface area contributed by atoms with Crippen LogP contribution in [0.5, 0.6) is 0 Å². The molecule has 27 heavy (non-hydrogen) atoms. The van der Waals surface area contributed by atoms with Gasteiger partial charge in [-0.1, -0.05) is 78.9 Å². The summed E-state index contributed by atoms with van der Waals surface area (Å²) in [5, 5.41) is 4.23. The standard InChI is InChI=1S/C23H24N2S2/c26-23(24-16-17-27-22-14-8-3-9-15-22)25(18-20-10-4-1-5-11-20)19-21-12-6-2-7-13-21/h1-15H,16-19H2,(H,24,26). The first-order chi connectivity index (χ1) is 13.3. The molecular weight excluding hydrogens is 368 g/mol. The molecule has 0 saturated carbocycles. The van der Waals surface area contributed by atoms with Crippen molar-refractivity contribution in [2.45, 2.75) is 18.0 Å². The van der Waals surface area contributed by atoms with E-state index in [0.717, 1.165) is 30.5 Å². The summed E-state index contributed by atoms with van der Waals surface area (Å²) in [5.41, 5.74) is 2.52. The van der Waals surface area contributed by atoms with Gasteiger partial charge in [-0.15, -0.1) is 11.8 Å². The van der Waals surface area contributed by atoms with E-state index in [9.17, 15) is 0 Å². The zero-order valence-electron chi connectivity index (χ0n) is 15.3. The van der Waals surface area contributed by atoms with Crippen LogP contribution in [0.1, 0.15) is 11.1 Å². The Labute approximate surface area is 171 Å². The van der Waals surface area contributed by atoms with Gasteiger partial charge in [-0.2, -0.15) is 0 Å². The lowest BCUT2D eigenvalue weighted by molar-refractivity contribution is 0.400. The summed E-state index contributed by atoms with van der Waals surface area (Å²) in [5.74, 6) is 0.981. The van der Waals surface area contributed by atoms with Crippen LogP contribution in [0.4, 0.5) is 0 Å². The van der Waals surface area contributed by atoms with Gasteiger partial charge in [-0.05, 0) is 35.5 Å². The Morgan fingerprint density at radius 3 is 1.74 bits per heavy atom. The molecule has 0 amide bonds. The molecule has 4 heteroatoms. The van der Waals surface area contributed by atoms with E-state index >= 15 is 0 Å². The molecule has 2 nitrogen and oxygen atoms in total. The minimum Gasteiger partial charge on any atom is -0.362 e. The van der Waals surface area contributed by atoms with Gasteiger partial charge < -0.3 is 10.2 Å². The molecule has 0 spiro atoms. The Balaban J connectivity index is 1.56. The van der Waals surface area contributed by atoms with Crippen LogP contribution in [0.25, 0.3) is 0 Å². The fourth-order valence-corrected chi connectivity index (χ4v) is 3.78. The first-order valence-electron chi connectivity index (χ1n) is 9.10. The number of rotatable bonds is 8. The number of hydrogen-bond acceptors (Lipinski definition) is 2. The Bertz CT molecular complexity index is 766. The second kappa shape index (κ2) is 10.8. The predicted molar refractivity (Wildman–Crippen MR) is 120 cm³/mol. The van der Waals surface area contributed by atoms with Crippen LogP contribution >= 0.6 is 24.0 Å². The first kappa shape index (κ1) is 19.5. The van der Waals surface area contributed by atoms with E-state index in [2.05, 4.69) is 83.0 Å². The van der Waals surface area contributed by atoms with E-state index in [-0.39, 0.29) is 0 Å². The zero-order valence-corrected chi connectivity index (χ0v) is 16.9. The number of hydrogen-bond donors (Lipinski definition) is 1. The Kier molecular flexibility index (Phi) is 7.75. The maximum absolute atomic E-state index is 5.71. The molecule has 3 aromatic rings. The number of thiocarbonyl (C=S) groups is 1. The lowest BCUT2D eigenvalue weighted by atomic mass is 10.2. The number of nitrogens with one attached hydrogen (secondary N) is 1. The Hall–Kier alpha value is -2.30. The van der Waals surface area contributed by atoms with Crippen LogP contribution in [-0.2, 0) is 13.1 Å². The van der Waals surface area contributed by atoms with Crippen molar-refractivity contribution in [2.75, 3.05) is 12.3 Å². The van der Waals surface area contributed by atoms with Crippen LogP contribution in [0.15, 0.2) is 95.9 Å². The molecule has 0 unspecified atom stereocenters. The van der Waals surface area contributed by atoms with Gasteiger partial charge in [0, 0.05) is 30.3 Å². The molecule has 0 radical (unpaired) electrons. The Morgan fingerprint density at radius 1 is 0.741 bits per heavy atom. The molecule has 0 atom stereocenters. The second-order valence-corrected chi connectivity index (χ2v) is 7.78. The third kappa shape index (κ3) is 6.74. The molecule has 0 fully saturated rings. The summed E-state index contributed by atoms with van der Waals surface area (Å²) in [6, 6.07) is 31.4. The minimum atomic E-state index is 0.799. The average Bonchev–Trinajstić information content (AvgIpc) is 2.73. The maximum atomic E-state index is 5.71. The van der Waals surface area contributed by atoms with Crippen molar-refractivity contribution in [3.8, 4) is 0 Å². The van der Waals surface area contributed by atoms with Crippen LogP contribution in [0.2, 0.25) is 0 Å². The van der Waals surface area contributed by atoms with Crippen LogP contribution in [-0.4, -0.2) is 22.3 Å². The van der Waals surface area contributed by atoms with Gasteiger partial charge in [0.25, 0.3) is 0 Å². The number of nitrogens with zero attached hydrogens (tertiary/aromatic N) is 1. The second-order valence-electron chi connectivity index (χ2n) is 6.22. The van der Waals surface area contributed by atoms with Crippen molar-refractivity contribution in [2.24, 2.45) is 0 Å². The highest BCUT2D eigenvalue weighted by Crippen LogP contribution is 2.16. The van der Waals surface area contributed by atoms with Crippen LogP contribution in [0.3, 0.4) is 0 Å². The highest BCUT2D eigenvalue weighted by Gasteiger charge is 2.11. The molecule has 0 aromatic heterocycles. The maximum Gasteiger partial charge on any atom is 0.169 e. The van der Waals surface area contributed by atoms with Gasteiger partial charge in [0.2, 0.25) is 0 Å².